The number of hydrogen-bond acceptors (Lipinski definition) is 4. The van der Waals surface area contributed by atoms with Crippen molar-refractivity contribution in [1.29, 1.82) is 0 Å². The zero-order valence-corrected chi connectivity index (χ0v) is 12.7. The second-order valence-corrected chi connectivity index (χ2v) is 6.84. The summed E-state index contributed by atoms with van der Waals surface area (Å²) in [7, 11) is 1.32. The summed E-state index contributed by atoms with van der Waals surface area (Å²) in [6.45, 7) is 8.31. The second-order valence-electron chi connectivity index (χ2n) is 6.84. The highest BCUT2D eigenvalue weighted by molar-refractivity contribution is 6.47. The van der Waals surface area contributed by atoms with Gasteiger partial charge in [-0.1, -0.05) is 12.8 Å². The summed E-state index contributed by atoms with van der Waals surface area (Å²) in [6.07, 6.45) is 3.64. The van der Waals surface area contributed by atoms with Crippen LogP contribution in [0.3, 0.4) is 0 Å². The normalized spacial score (nSPS) is 32.6. The van der Waals surface area contributed by atoms with E-state index < -0.39 is 0 Å². The van der Waals surface area contributed by atoms with E-state index in [0.717, 1.165) is 19.3 Å². The maximum absolute atomic E-state index is 11.3. The highest BCUT2D eigenvalue weighted by Gasteiger charge is 2.54. The summed E-state index contributed by atoms with van der Waals surface area (Å²) in [5, 5.41) is 0. The van der Waals surface area contributed by atoms with Crippen LogP contribution in [-0.4, -0.2) is 31.4 Å². The van der Waals surface area contributed by atoms with Gasteiger partial charge in [-0.3, -0.25) is 4.79 Å². The number of ether oxygens (including phenoxy) is 1. The average molecular weight is 268 g/mol. The lowest BCUT2D eigenvalue weighted by molar-refractivity contribution is -0.141. The fraction of sp³-hybridized carbons (Fsp3) is 0.929. The first-order chi connectivity index (χ1) is 8.75. The Bertz CT molecular complexity index is 337. The Hall–Kier alpha value is -0.545. The van der Waals surface area contributed by atoms with E-state index in [9.17, 15) is 4.79 Å². The van der Waals surface area contributed by atoms with Crippen molar-refractivity contribution < 1.29 is 18.8 Å². The molecular weight excluding hydrogens is 243 g/mol. The third kappa shape index (κ3) is 2.97. The third-order valence-corrected chi connectivity index (χ3v) is 4.92. The molecule has 0 aromatic carbocycles. The Morgan fingerprint density at radius 2 is 1.79 bits per heavy atom. The van der Waals surface area contributed by atoms with E-state index in [-0.39, 0.29) is 24.3 Å². The monoisotopic (exact) mass is 268 g/mol. The van der Waals surface area contributed by atoms with E-state index in [1.54, 1.807) is 0 Å². The summed E-state index contributed by atoms with van der Waals surface area (Å²) >= 11 is 0. The van der Waals surface area contributed by atoms with E-state index in [1.165, 1.54) is 7.11 Å². The molecule has 1 saturated heterocycles. The average Bonchev–Trinajstić information content (AvgIpc) is 2.82. The summed E-state index contributed by atoms with van der Waals surface area (Å²) in [4.78, 5) is 11.3. The van der Waals surface area contributed by atoms with Crippen LogP contribution in [0.4, 0.5) is 0 Å². The quantitative estimate of drug-likeness (QED) is 0.583. The van der Waals surface area contributed by atoms with Gasteiger partial charge >= 0.3 is 13.1 Å². The zero-order chi connectivity index (χ0) is 14.3. The molecule has 2 aliphatic rings. The van der Waals surface area contributed by atoms with Crippen LogP contribution < -0.4 is 0 Å². The first-order valence-electron chi connectivity index (χ1n) is 7.17. The predicted molar refractivity (Wildman–Crippen MR) is 73.8 cm³/mol. The van der Waals surface area contributed by atoms with E-state index >= 15 is 0 Å². The first kappa shape index (κ1) is 14.9. The molecule has 0 radical (unpaired) electrons. The molecule has 0 N–H and O–H groups in total. The molecule has 2 rings (SSSR count). The maximum atomic E-state index is 11.3. The topological polar surface area (TPSA) is 44.8 Å². The lowest BCUT2D eigenvalue weighted by Gasteiger charge is -2.32. The first-order valence-corrected chi connectivity index (χ1v) is 7.17. The van der Waals surface area contributed by atoms with Gasteiger partial charge in [0.1, 0.15) is 0 Å². The number of rotatable bonds is 3. The minimum absolute atomic E-state index is 0.112. The van der Waals surface area contributed by atoms with Gasteiger partial charge in [-0.2, -0.15) is 0 Å². The van der Waals surface area contributed by atoms with E-state index in [4.69, 9.17) is 14.0 Å². The molecule has 108 valence electrons. The zero-order valence-electron chi connectivity index (χ0n) is 12.7. The smallest absolute Gasteiger partial charge is 0.461 e. The summed E-state index contributed by atoms with van der Waals surface area (Å²) < 4.78 is 16.9. The molecule has 0 bridgehead atoms. The standard InChI is InChI=1S/C14H25BO4/c1-13(2)14(3,4)19-15(18-13)11-7-6-10(8-11)9-12(16)17-5/h10-11H,6-9H2,1-5H3. The van der Waals surface area contributed by atoms with Crippen LogP contribution in [0.5, 0.6) is 0 Å². The Morgan fingerprint density at radius 1 is 1.21 bits per heavy atom. The SMILES string of the molecule is COC(=O)CC1CCC(B2OC(C)(C)C(C)(C)O2)C1. The fourth-order valence-electron chi connectivity index (χ4n) is 2.95. The molecule has 1 aliphatic carbocycles. The van der Waals surface area contributed by atoms with Crippen molar-refractivity contribution in [2.24, 2.45) is 5.92 Å². The number of methoxy groups -OCH3 is 1. The Balaban J connectivity index is 1.91. The Kier molecular flexibility index (Phi) is 3.98. The Labute approximate surface area is 116 Å². The van der Waals surface area contributed by atoms with Gasteiger partial charge in [-0.05, 0) is 45.9 Å². The summed E-state index contributed by atoms with van der Waals surface area (Å²) in [5.74, 6) is 0.701. The van der Waals surface area contributed by atoms with Crippen LogP contribution in [0, 0.1) is 5.92 Å². The van der Waals surface area contributed by atoms with Gasteiger partial charge in [-0.15, -0.1) is 0 Å². The van der Waals surface area contributed by atoms with Crippen molar-refractivity contribution in [2.45, 2.75) is 70.4 Å². The summed E-state index contributed by atoms with van der Waals surface area (Å²) in [5.41, 5.74) is -0.532. The highest BCUT2D eigenvalue weighted by Crippen LogP contribution is 2.46. The lowest BCUT2D eigenvalue weighted by Crippen LogP contribution is -2.41. The molecule has 1 aliphatic heterocycles. The molecule has 0 aromatic rings. The van der Waals surface area contributed by atoms with Gasteiger partial charge < -0.3 is 14.0 Å². The number of hydrogen-bond donors (Lipinski definition) is 0. The van der Waals surface area contributed by atoms with Gasteiger partial charge in [0.15, 0.2) is 0 Å². The molecular formula is C14H25BO4. The number of carbonyl (C=O) groups is 1. The molecule has 4 nitrogen and oxygen atoms in total. The maximum Gasteiger partial charge on any atom is 0.461 e. The minimum atomic E-state index is -0.266. The fourth-order valence-corrected chi connectivity index (χ4v) is 2.95. The molecule has 19 heavy (non-hydrogen) atoms. The van der Waals surface area contributed by atoms with Crippen molar-refractivity contribution in [2.75, 3.05) is 7.11 Å². The molecule has 1 heterocycles. The van der Waals surface area contributed by atoms with Crippen LogP contribution in [-0.2, 0) is 18.8 Å². The highest BCUT2D eigenvalue weighted by atomic mass is 16.7. The predicted octanol–water partition coefficient (Wildman–Crippen LogP) is 2.81. The van der Waals surface area contributed by atoms with Crippen molar-refractivity contribution in [3.8, 4) is 0 Å². The van der Waals surface area contributed by atoms with Crippen molar-refractivity contribution in [3.63, 3.8) is 0 Å². The molecule has 2 unspecified atom stereocenters. The van der Waals surface area contributed by atoms with Crippen LogP contribution in [0.1, 0.15) is 53.4 Å². The van der Waals surface area contributed by atoms with E-state index in [0.29, 0.717) is 18.2 Å². The summed E-state index contributed by atoms with van der Waals surface area (Å²) in [6, 6.07) is 0. The van der Waals surface area contributed by atoms with E-state index in [1.807, 2.05) is 0 Å². The van der Waals surface area contributed by atoms with Crippen LogP contribution >= 0.6 is 0 Å². The number of carbonyl (C=O) groups excluding carboxylic acids is 1. The number of esters is 1. The molecule has 1 saturated carbocycles. The molecule has 0 spiro atoms. The van der Waals surface area contributed by atoms with Crippen molar-refractivity contribution in [1.82, 2.24) is 0 Å². The van der Waals surface area contributed by atoms with Crippen LogP contribution in [0.15, 0.2) is 0 Å². The van der Waals surface area contributed by atoms with Gasteiger partial charge in [0.05, 0.1) is 18.3 Å². The van der Waals surface area contributed by atoms with Gasteiger partial charge in [0.25, 0.3) is 0 Å². The third-order valence-electron chi connectivity index (χ3n) is 4.92. The minimum Gasteiger partial charge on any atom is -0.469 e. The molecule has 0 amide bonds. The van der Waals surface area contributed by atoms with Crippen LogP contribution in [0.25, 0.3) is 0 Å². The Morgan fingerprint density at radius 3 is 2.32 bits per heavy atom. The van der Waals surface area contributed by atoms with E-state index in [2.05, 4.69) is 27.7 Å². The van der Waals surface area contributed by atoms with Gasteiger partial charge in [-0.25, -0.2) is 0 Å². The molecule has 5 heteroatoms. The largest absolute Gasteiger partial charge is 0.469 e. The van der Waals surface area contributed by atoms with Crippen LogP contribution in [0.2, 0.25) is 5.82 Å². The van der Waals surface area contributed by atoms with Crippen molar-refractivity contribution in [3.05, 3.63) is 0 Å². The van der Waals surface area contributed by atoms with Gasteiger partial charge in [0.2, 0.25) is 0 Å². The van der Waals surface area contributed by atoms with Gasteiger partial charge in [0, 0.05) is 6.42 Å². The second kappa shape index (κ2) is 5.10. The molecule has 0 aromatic heterocycles. The van der Waals surface area contributed by atoms with Crippen molar-refractivity contribution >= 4 is 13.1 Å². The molecule has 2 atom stereocenters. The lowest BCUT2D eigenvalue weighted by atomic mass is 9.70. The molecule has 2 fully saturated rings.